The number of hydrogen-bond acceptors (Lipinski definition) is 5. The zero-order valence-electron chi connectivity index (χ0n) is 10.8. The monoisotopic (exact) mass is 305 g/mol. The molecule has 0 aliphatic carbocycles. The van der Waals surface area contributed by atoms with Crippen molar-refractivity contribution in [3.63, 3.8) is 0 Å². The van der Waals surface area contributed by atoms with Crippen molar-refractivity contribution >= 4 is 22.5 Å². The maximum Gasteiger partial charge on any atom is 0.173 e. The van der Waals surface area contributed by atoms with Crippen LogP contribution in [0.25, 0.3) is 0 Å². The standard InChI is InChI=1S/C8H16N2O3S.C3H3NS/c11-14(9-1-5-12-6-2-9)10-3-7-13-8-4-10;1-2-5-3-4-1/h1-8H2;1-3H. The normalized spacial score (nSPS) is 21.9. The van der Waals surface area contributed by atoms with Gasteiger partial charge in [-0.3, -0.25) is 4.98 Å². The summed E-state index contributed by atoms with van der Waals surface area (Å²) < 4.78 is 26.4. The Bertz CT molecular complexity index is 315. The summed E-state index contributed by atoms with van der Waals surface area (Å²) in [7, 11) is 0. The summed E-state index contributed by atoms with van der Waals surface area (Å²) in [5.74, 6) is 0. The van der Waals surface area contributed by atoms with E-state index in [9.17, 15) is 4.21 Å². The summed E-state index contributed by atoms with van der Waals surface area (Å²) in [6.45, 7) is 5.83. The number of aromatic nitrogens is 1. The van der Waals surface area contributed by atoms with Crippen molar-refractivity contribution in [2.24, 2.45) is 0 Å². The number of morpholine rings is 2. The minimum Gasteiger partial charge on any atom is -0.379 e. The van der Waals surface area contributed by atoms with Gasteiger partial charge >= 0.3 is 0 Å². The van der Waals surface area contributed by atoms with Crippen LogP contribution < -0.4 is 0 Å². The van der Waals surface area contributed by atoms with Crippen molar-refractivity contribution < 1.29 is 13.7 Å². The van der Waals surface area contributed by atoms with E-state index in [2.05, 4.69) is 4.98 Å². The second-order valence-electron chi connectivity index (χ2n) is 3.99. The van der Waals surface area contributed by atoms with Gasteiger partial charge in [0.2, 0.25) is 0 Å². The van der Waals surface area contributed by atoms with Crippen molar-refractivity contribution in [1.29, 1.82) is 0 Å². The van der Waals surface area contributed by atoms with Crippen molar-refractivity contribution in [3.8, 4) is 0 Å². The quantitative estimate of drug-likeness (QED) is 0.792. The molecule has 2 saturated heterocycles. The fourth-order valence-corrected chi connectivity index (χ4v) is 3.35. The van der Waals surface area contributed by atoms with Crippen LogP contribution in [0.5, 0.6) is 0 Å². The molecule has 1 aromatic heterocycles. The van der Waals surface area contributed by atoms with Gasteiger partial charge < -0.3 is 9.47 Å². The van der Waals surface area contributed by atoms with Gasteiger partial charge in [0.1, 0.15) is 0 Å². The van der Waals surface area contributed by atoms with Gasteiger partial charge in [0.25, 0.3) is 0 Å². The Kier molecular flexibility index (Phi) is 6.90. The summed E-state index contributed by atoms with van der Waals surface area (Å²) in [5, 5.41) is 1.93. The minimum absolute atomic E-state index is 0.691. The molecule has 2 aliphatic heterocycles. The van der Waals surface area contributed by atoms with E-state index in [-0.39, 0.29) is 0 Å². The van der Waals surface area contributed by atoms with Gasteiger partial charge in [0.15, 0.2) is 11.2 Å². The van der Waals surface area contributed by atoms with E-state index in [1.807, 2.05) is 14.0 Å². The Hall–Kier alpha value is -0.380. The maximum atomic E-state index is 12.0. The SMILES string of the molecule is O=S(N1CCOCC1)N1CCOCC1.c1cscn1. The Morgan fingerprint density at radius 1 is 1.00 bits per heavy atom. The van der Waals surface area contributed by atoms with Crippen LogP contribution in [-0.4, -0.2) is 70.4 Å². The lowest BCUT2D eigenvalue weighted by atomic mass is 10.5. The lowest BCUT2D eigenvalue weighted by Crippen LogP contribution is -2.48. The summed E-state index contributed by atoms with van der Waals surface area (Å²) >= 11 is 0.616. The van der Waals surface area contributed by atoms with Gasteiger partial charge in [-0.2, -0.15) is 0 Å². The molecule has 19 heavy (non-hydrogen) atoms. The lowest BCUT2D eigenvalue weighted by molar-refractivity contribution is 0.0595. The third-order valence-corrected chi connectivity index (χ3v) is 4.87. The van der Waals surface area contributed by atoms with Gasteiger partial charge in [0, 0.05) is 37.8 Å². The maximum absolute atomic E-state index is 12.0. The molecule has 3 rings (SSSR count). The largest absolute Gasteiger partial charge is 0.379 e. The Morgan fingerprint density at radius 3 is 1.84 bits per heavy atom. The van der Waals surface area contributed by atoms with Crippen molar-refractivity contribution in [2.45, 2.75) is 0 Å². The molecule has 108 valence electrons. The smallest absolute Gasteiger partial charge is 0.173 e. The molecule has 0 N–H and O–H groups in total. The fraction of sp³-hybridized carbons (Fsp3) is 0.727. The van der Waals surface area contributed by atoms with Gasteiger partial charge in [-0.15, -0.1) is 11.3 Å². The van der Waals surface area contributed by atoms with Crippen LogP contribution in [0.1, 0.15) is 0 Å². The molecule has 0 unspecified atom stereocenters. The van der Waals surface area contributed by atoms with Crippen LogP contribution in [0.2, 0.25) is 0 Å². The van der Waals surface area contributed by atoms with Gasteiger partial charge in [0.05, 0.1) is 31.9 Å². The van der Waals surface area contributed by atoms with Crippen LogP contribution in [0.4, 0.5) is 0 Å². The van der Waals surface area contributed by atoms with Gasteiger partial charge in [-0.05, 0) is 0 Å². The Balaban J connectivity index is 0.000000224. The van der Waals surface area contributed by atoms with E-state index >= 15 is 0 Å². The first-order valence-electron chi connectivity index (χ1n) is 6.27. The molecule has 2 fully saturated rings. The first kappa shape index (κ1) is 15.0. The van der Waals surface area contributed by atoms with Crippen LogP contribution in [0, 0.1) is 0 Å². The Morgan fingerprint density at radius 2 is 1.53 bits per heavy atom. The van der Waals surface area contributed by atoms with E-state index in [0.29, 0.717) is 26.4 Å². The molecular formula is C11H19N3O3S2. The highest BCUT2D eigenvalue weighted by Gasteiger charge is 2.24. The average Bonchev–Trinajstić information content (AvgIpc) is 3.08. The van der Waals surface area contributed by atoms with Crippen LogP contribution >= 0.6 is 11.3 Å². The summed E-state index contributed by atoms with van der Waals surface area (Å²) in [5.41, 5.74) is 1.79. The third kappa shape index (κ3) is 5.25. The first-order chi connectivity index (χ1) is 9.38. The molecule has 0 spiro atoms. The first-order valence-corrected chi connectivity index (χ1v) is 8.28. The van der Waals surface area contributed by atoms with Crippen LogP contribution in [0.3, 0.4) is 0 Å². The summed E-state index contributed by atoms with van der Waals surface area (Å²) in [6.07, 6.45) is 1.77. The summed E-state index contributed by atoms with van der Waals surface area (Å²) in [6, 6.07) is 0. The second-order valence-corrected chi connectivity index (χ2v) is 6.24. The Labute approximate surface area is 120 Å². The van der Waals surface area contributed by atoms with Gasteiger partial charge in [-0.25, -0.2) is 12.8 Å². The zero-order valence-corrected chi connectivity index (χ0v) is 12.4. The molecule has 2 aliphatic rings. The molecule has 0 radical (unpaired) electrons. The molecule has 3 heterocycles. The summed E-state index contributed by atoms with van der Waals surface area (Å²) in [4.78, 5) is 3.74. The van der Waals surface area contributed by atoms with E-state index in [1.54, 1.807) is 23.0 Å². The van der Waals surface area contributed by atoms with Crippen molar-refractivity contribution in [1.82, 2.24) is 13.6 Å². The molecule has 8 heteroatoms. The van der Waals surface area contributed by atoms with E-state index in [0.717, 1.165) is 26.2 Å². The fourth-order valence-electron chi connectivity index (χ4n) is 1.74. The zero-order chi connectivity index (χ0) is 13.3. The molecule has 0 amide bonds. The molecular weight excluding hydrogens is 286 g/mol. The molecule has 0 atom stereocenters. The third-order valence-electron chi connectivity index (χ3n) is 2.73. The van der Waals surface area contributed by atoms with Crippen molar-refractivity contribution in [3.05, 3.63) is 17.1 Å². The van der Waals surface area contributed by atoms with E-state index in [1.165, 1.54) is 0 Å². The number of ether oxygens (including phenoxy) is 2. The highest BCUT2D eigenvalue weighted by Crippen LogP contribution is 2.08. The minimum atomic E-state index is -0.986. The lowest BCUT2D eigenvalue weighted by Gasteiger charge is -2.32. The number of rotatable bonds is 2. The number of hydrogen-bond donors (Lipinski definition) is 0. The number of nitrogens with zero attached hydrogens (tertiary/aromatic N) is 3. The van der Waals surface area contributed by atoms with Crippen LogP contribution in [-0.2, 0) is 20.6 Å². The molecule has 6 nitrogen and oxygen atoms in total. The van der Waals surface area contributed by atoms with Crippen LogP contribution in [0.15, 0.2) is 17.1 Å². The topological polar surface area (TPSA) is 54.9 Å². The van der Waals surface area contributed by atoms with Crippen molar-refractivity contribution in [2.75, 3.05) is 52.6 Å². The van der Waals surface area contributed by atoms with E-state index in [4.69, 9.17) is 9.47 Å². The predicted molar refractivity (Wildman–Crippen MR) is 75.0 cm³/mol. The van der Waals surface area contributed by atoms with E-state index < -0.39 is 11.2 Å². The second kappa shape index (κ2) is 8.72. The molecule has 0 bridgehead atoms. The molecule has 1 aromatic rings. The highest BCUT2D eigenvalue weighted by molar-refractivity contribution is 7.80. The van der Waals surface area contributed by atoms with Gasteiger partial charge in [-0.1, -0.05) is 0 Å². The molecule has 0 aromatic carbocycles. The average molecular weight is 305 g/mol. The highest BCUT2D eigenvalue weighted by atomic mass is 32.2. The number of thiazole rings is 1. The molecule has 0 saturated carbocycles. The predicted octanol–water partition coefficient (Wildman–Crippen LogP) is 0.373.